The number of aliphatic carboxylic acids is 1. The summed E-state index contributed by atoms with van der Waals surface area (Å²) in [6, 6.07) is 9.79. The van der Waals surface area contributed by atoms with Gasteiger partial charge in [0.2, 0.25) is 0 Å². The van der Waals surface area contributed by atoms with Crippen LogP contribution in [-0.2, 0) is 10.2 Å². The SMILES string of the molecule is CC(C)(C(=O)O)c1ccc(-c2cccc(Cl)c2)c(F)c1Cl. The number of halogens is 3. The Hall–Kier alpha value is -1.58. The van der Waals surface area contributed by atoms with Crippen LogP contribution in [0.15, 0.2) is 36.4 Å². The second-order valence-corrected chi connectivity index (χ2v) is 6.04. The van der Waals surface area contributed by atoms with E-state index in [1.165, 1.54) is 26.0 Å². The van der Waals surface area contributed by atoms with Gasteiger partial charge in [0.1, 0.15) is 5.82 Å². The lowest BCUT2D eigenvalue weighted by Gasteiger charge is -2.22. The smallest absolute Gasteiger partial charge is 0.313 e. The van der Waals surface area contributed by atoms with Crippen LogP contribution in [0, 0.1) is 5.82 Å². The Morgan fingerprint density at radius 1 is 1.19 bits per heavy atom. The topological polar surface area (TPSA) is 37.3 Å². The monoisotopic (exact) mass is 326 g/mol. The number of carboxylic acid groups (broad SMARTS) is 1. The average molecular weight is 327 g/mol. The van der Waals surface area contributed by atoms with Crippen LogP contribution >= 0.6 is 23.2 Å². The molecule has 0 radical (unpaired) electrons. The lowest BCUT2D eigenvalue weighted by molar-refractivity contribution is -0.142. The number of benzene rings is 2. The molecule has 0 fully saturated rings. The first-order valence-corrected chi connectivity index (χ1v) is 6.98. The highest BCUT2D eigenvalue weighted by Crippen LogP contribution is 2.37. The molecule has 0 aliphatic carbocycles. The Kier molecular flexibility index (Phi) is 4.26. The Bertz CT molecular complexity index is 711. The van der Waals surface area contributed by atoms with Gasteiger partial charge in [0, 0.05) is 10.6 Å². The fourth-order valence-corrected chi connectivity index (χ4v) is 2.62. The van der Waals surface area contributed by atoms with Crippen molar-refractivity contribution in [3.63, 3.8) is 0 Å². The molecular weight excluding hydrogens is 314 g/mol. The fraction of sp³-hybridized carbons (Fsp3) is 0.188. The number of carboxylic acids is 1. The van der Waals surface area contributed by atoms with E-state index < -0.39 is 17.2 Å². The first-order valence-electron chi connectivity index (χ1n) is 6.23. The minimum Gasteiger partial charge on any atom is -0.481 e. The van der Waals surface area contributed by atoms with Crippen LogP contribution in [0.3, 0.4) is 0 Å². The summed E-state index contributed by atoms with van der Waals surface area (Å²) in [5.41, 5.74) is -0.168. The van der Waals surface area contributed by atoms with Gasteiger partial charge in [-0.05, 0) is 37.1 Å². The van der Waals surface area contributed by atoms with Gasteiger partial charge >= 0.3 is 5.97 Å². The summed E-state index contributed by atoms with van der Waals surface area (Å²) < 4.78 is 14.5. The van der Waals surface area contributed by atoms with E-state index in [1.54, 1.807) is 24.3 Å². The Labute approximate surface area is 132 Å². The summed E-state index contributed by atoms with van der Waals surface area (Å²) in [5.74, 6) is -1.72. The van der Waals surface area contributed by atoms with Gasteiger partial charge in [0.05, 0.1) is 10.4 Å². The van der Waals surface area contributed by atoms with Crippen LogP contribution in [0.2, 0.25) is 10.0 Å². The van der Waals surface area contributed by atoms with Crippen LogP contribution in [0.5, 0.6) is 0 Å². The summed E-state index contributed by atoms with van der Waals surface area (Å²) in [6.45, 7) is 2.96. The van der Waals surface area contributed by atoms with Crippen molar-refractivity contribution in [2.75, 3.05) is 0 Å². The minimum absolute atomic E-state index is 0.181. The normalized spacial score (nSPS) is 11.5. The van der Waals surface area contributed by atoms with Gasteiger partial charge in [0.15, 0.2) is 0 Å². The predicted molar refractivity (Wildman–Crippen MR) is 82.5 cm³/mol. The second-order valence-electron chi connectivity index (χ2n) is 5.23. The van der Waals surface area contributed by atoms with Crippen LogP contribution in [0.1, 0.15) is 19.4 Å². The standard InChI is InChI=1S/C16H13Cl2FO2/c1-16(2,15(20)21)12-7-6-11(14(19)13(12)18)9-4-3-5-10(17)8-9/h3-8H,1-2H3,(H,20,21). The third-order valence-electron chi connectivity index (χ3n) is 3.43. The fourth-order valence-electron chi connectivity index (χ4n) is 2.03. The molecule has 110 valence electrons. The summed E-state index contributed by atoms with van der Waals surface area (Å²) in [7, 11) is 0. The van der Waals surface area contributed by atoms with Gasteiger partial charge in [-0.3, -0.25) is 4.79 Å². The summed E-state index contributed by atoms with van der Waals surface area (Å²) in [5, 5.41) is 9.54. The summed E-state index contributed by atoms with van der Waals surface area (Å²) in [4.78, 5) is 11.3. The van der Waals surface area contributed by atoms with Crippen molar-refractivity contribution in [2.45, 2.75) is 19.3 Å². The van der Waals surface area contributed by atoms with Crippen molar-refractivity contribution in [3.05, 3.63) is 57.8 Å². The van der Waals surface area contributed by atoms with E-state index in [4.69, 9.17) is 23.2 Å². The number of hydrogen-bond donors (Lipinski definition) is 1. The van der Waals surface area contributed by atoms with E-state index in [-0.39, 0.29) is 16.1 Å². The van der Waals surface area contributed by atoms with Crippen molar-refractivity contribution in [1.82, 2.24) is 0 Å². The van der Waals surface area contributed by atoms with E-state index in [9.17, 15) is 14.3 Å². The molecule has 2 nitrogen and oxygen atoms in total. The van der Waals surface area contributed by atoms with Crippen LogP contribution < -0.4 is 0 Å². The maximum absolute atomic E-state index is 14.5. The maximum atomic E-state index is 14.5. The quantitative estimate of drug-likeness (QED) is 0.845. The lowest BCUT2D eigenvalue weighted by atomic mass is 9.84. The highest BCUT2D eigenvalue weighted by molar-refractivity contribution is 6.32. The Morgan fingerprint density at radius 3 is 2.43 bits per heavy atom. The largest absolute Gasteiger partial charge is 0.481 e. The van der Waals surface area contributed by atoms with Gasteiger partial charge in [0.25, 0.3) is 0 Å². The molecule has 1 N–H and O–H groups in total. The molecule has 0 aliphatic rings. The van der Waals surface area contributed by atoms with E-state index >= 15 is 0 Å². The van der Waals surface area contributed by atoms with Gasteiger partial charge < -0.3 is 5.11 Å². The minimum atomic E-state index is -1.27. The van der Waals surface area contributed by atoms with E-state index in [0.29, 0.717) is 10.6 Å². The van der Waals surface area contributed by atoms with E-state index in [1.807, 2.05) is 0 Å². The number of hydrogen-bond acceptors (Lipinski definition) is 1. The van der Waals surface area contributed by atoms with Crippen LogP contribution in [-0.4, -0.2) is 11.1 Å². The van der Waals surface area contributed by atoms with Gasteiger partial charge in [-0.1, -0.05) is 47.5 Å². The zero-order valence-corrected chi connectivity index (χ0v) is 13.0. The molecule has 0 bridgehead atoms. The van der Waals surface area contributed by atoms with E-state index in [2.05, 4.69) is 0 Å². The molecule has 0 unspecified atom stereocenters. The molecule has 2 aromatic rings. The van der Waals surface area contributed by atoms with E-state index in [0.717, 1.165) is 0 Å². The molecule has 0 atom stereocenters. The lowest BCUT2D eigenvalue weighted by Crippen LogP contribution is -2.29. The molecule has 0 heterocycles. The van der Waals surface area contributed by atoms with Crippen molar-refractivity contribution in [2.24, 2.45) is 0 Å². The first-order chi connectivity index (χ1) is 9.75. The predicted octanol–water partition coefficient (Wildman–Crippen LogP) is 5.16. The van der Waals surface area contributed by atoms with Crippen molar-refractivity contribution < 1.29 is 14.3 Å². The molecule has 2 rings (SSSR count). The highest BCUT2D eigenvalue weighted by Gasteiger charge is 2.33. The molecule has 21 heavy (non-hydrogen) atoms. The average Bonchev–Trinajstić information content (AvgIpc) is 2.41. The zero-order valence-electron chi connectivity index (χ0n) is 11.5. The molecule has 0 spiro atoms. The highest BCUT2D eigenvalue weighted by atomic mass is 35.5. The molecular formula is C16H13Cl2FO2. The molecule has 0 saturated carbocycles. The third kappa shape index (κ3) is 2.89. The van der Waals surface area contributed by atoms with Crippen LogP contribution in [0.25, 0.3) is 11.1 Å². The molecule has 2 aromatic carbocycles. The van der Waals surface area contributed by atoms with Gasteiger partial charge in [-0.15, -0.1) is 0 Å². The second kappa shape index (κ2) is 5.66. The van der Waals surface area contributed by atoms with Crippen molar-refractivity contribution in [1.29, 1.82) is 0 Å². The summed E-state index contributed by atoms with van der Waals surface area (Å²) in [6.07, 6.45) is 0. The van der Waals surface area contributed by atoms with Gasteiger partial charge in [-0.25, -0.2) is 4.39 Å². The molecule has 0 aliphatic heterocycles. The molecule has 0 aromatic heterocycles. The molecule has 0 amide bonds. The molecule has 5 heteroatoms. The van der Waals surface area contributed by atoms with Crippen molar-refractivity contribution >= 4 is 29.2 Å². The van der Waals surface area contributed by atoms with Crippen molar-refractivity contribution in [3.8, 4) is 11.1 Å². The maximum Gasteiger partial charge on any atom is 0.313 e. The van der Waals surface area contributed by atoms with Gasteiger partial charge in [-0.2, -0.15) is 0 Å². The number of rotatable bonds is 3. The third-order valence-corrected chi connectivity index (χ3v) is 4.03. The Morgan fingerprint density at radius 2 is 1.86 bits per heavy atom. The molecule has 0 saturated heterocycles. The Balaban J connectivity index is 2.60. The number of carbonyl (C=O) groups is 1. The summed E-state index contributed by atoms with van der Waals surface area (Å²) >= 11 is 11.9. The zero-order chi connectivity index (χ0) is 15.8. The first kappa shape index (κ1) is 15.8. The van der Waals surface area contributed by atoms with Crippen LogP contribution in [0.4, 0.5) is 4.39 Å².